The second-order valence-electron chi connectivity index (χ2n) is 4.80. The van der Waals surface area contributed by atoms with Crippen LogP contribution in [0.15, 0.2) is 6.20 Å². The topological polar surface area (TPSA) is 88.5 Å². The highest BCUT2D eigenvalue weighted by atomic mass is 35.5. The van der Waals surface area contributed by atoms with Crippen molar-refractivity contribution in [1.29, 1.82) is 0 Å². The lowest BCUT2D eigenvalue weighted by atomic mass is 10.2. The van der Waals surface area contributed by atoms with E-state index in [-0.39, 0.29) is 6.42 Å². The monoisotopic (exact) mass is 306 g/mol. The van der Waals surface area contributed by atoms with Gasteiger partial charge in [-0.3, -0.25) is 4.79 Å². The van der Waals surface area contributed by atoms with Crippen LogP contribution in [0.5, 0.6) is 0 Å². The van der Waals surface area contributed by atoms with E-state index in [4.69, 9.17) is 21.4 Å². The van der Waals surface area contributed by atoms with Crippen molar-refractivity contribution in [2.75, 3.05) is 0 Å². The van der Waals surface area contributed by atoms with Crippen LogP contribution in [0.2, 0.25) is 4.34 Å². The number of nitrogens with zero attached hydrogens (tertiary/aromatic N) is 1. The number of thiazole rings is 1. The van der Waals surface area contributed by atoms with Gasteiger partial charge in [0.1, 0.15) is 14.9 Å². The van der Waals surface area contributed by atoms with Gasteiger partial charge in [0.25, 0.3) is 0 Å². The fourth-order valence-corrected chi connectivity index (χ4v) is 2.23. The summed E-state index contributed by atoms with van der Waals surface area (Å²) in [7, 11) is 0. The third kappa shape index (κ3) is 5.89. The van der Waals surface area contributed by atoms with Crippen LogP contribution in [0.3, 0.4) is 0 Å². The van der Waals surface area contributed by atoms with Crippen molar-refractivity contribution >= 4 is 35.0 Å². The summed E-state index contributed by atoms with van der Waals surface area (Å²) >= 11 is 6.87. The lowest BCUT2D eigenvalue weighted by Crippen LogP contribution is -2.35. The highest BCUT2D eigenvalue weighted by molar-refractivity contribution is 7.15. The van der Waals surface area contributed by atoms with E-state index in [1.54, 1.807) is 20.8 Å². The molecule has 1 aromatic heterocycles. The number of amides is 1. The van der Waals surface area contributed by atoms with Gasteiger partial charge in [-0.25, -0.2) is 9.78 Å². The van der Waals surface area contributed by atoms with E-state index in [0.29, 0.717) is 9.34 Å². The number of carbonyl (C=O) groups excluding carboxylic acids is 1. The Labute approximate surface area is 119 Å². The van der Waals surface area contributed by atoms with Crippen LogP contribution in [0.25, 0.3) is 0 Å². The van der Waals surface area contributed by atoms with Crippen LogP contribution in [0.1, 0.15) is 38.2 Å². The van der Waals surface area contributed by atoms with Crippen molar-refractivity contribution in [2.45, 2.75) is 38.8 Å². The van der Waals surface area contributed by atoms with Gasteiger partial charge >= 0.3 is 12.1 Å². The first-order chi connectivity index (χ1) is 8.67. The minimum absolute atomic E-state index is 0.289. The maximum atomic E-state index is 11.6. The average Bonchev–Trinajstić information content (AvgIpc) is 2.60. The molecule has 19 heavy (non-hydrogen) atoms. The zero-order valence-electron chi connectivity index (χ0n) is 10.8. The molecule has 0 bridgehead atoms. The lowest BCUT2D eigenvalue weighted by Gasteiger charge is -2.22. The molecule has 0 aliphatic carbocycles. The number of carboxylic acids is 1. The Morgan fingerprint density at radius 2 is 2.21 bits per heavy atom. The van der Waals surface area contributed by atoms with Crippen molar-refractivity contribution in [3.8, 4) is 0 Å². The Kier molecular flexibility index (Phi) is 5.13. The number of carbonyl (C=O) groups is 2. The van der Waals surface area contributed by atoms with Gasteiger partial charge in [0.2, 0.25) is 0 Å². The minimum atomic E-state index is -1.05. The van der Waals surface area contributed by atoms with E-state index >= 15 is 0 Å². The summed E-state index contributed by atoms with van der Waals surface area (Å²) < 4.78 is 5.51. The second kappa shape index (κ2) is 6.21. The second-order valence-corrected chi connectivity index (χ2v) is 6.49. The number of aromatic nitrogens is 1. The molecule has 2 N–H and O–H groups in total. The number of ether oxygens (including phenoxy) is 1. The number of hydrogen-bond acceptors (Lipinski definition) is 5. The summed E-state index contributed by atoms with van der Waals surface area (Å²) in [6, 6.07) is -0.759. The molecule has 1 amide bonds. The van der Waals surface area contributed by atoms with E-state index in [1.165, 1.54) is 6.20 Å². The maximum absolute atomic E-state index is 11.6. The van der Waals surface area contributed by atoms with Crippen molar-refractivity contribution < 1.29 is 19.4 Å². The molecule has 1 atom stereocenters. The molecule has 0 aromatic carbocycles. The maximum Gasteiger partial charge on any atom is 0.408 e. The summed E-state index contributed by atoms with van der Waals surface area (Å²) in [5, 5.41) is 11.8. The molecule has 0 radical (unpaired) electrons. The van der Waals surface area contributed by atoms with Crippen LogP contribution in [0.4, 0.5) is 4.79 Å². The first kappa shape index (κ1) is 15.7. The smallest absolute Gasteiger partial charge is 0.408 e. The Balaban J connectivity index is 2.76. The molecule has 8 heteroatoms. The molecule has 106 valence electrons. The van der Waals surface area contributed by atoms with E-state index in [0.717, 1.165) is 11.3 Å². The highest BCUT2D eigenvalue weighted by Gasteiger charge is 2.24. The molecule has 1 aromatic rings. The lowest BCUT2D eigenvalue weighted by molar-refractivity contribution is -0.137. The van der Waals surface area contributed by atoms with Gasteiger partial charge in [0.15, 0.2) is 0 Å². The fraction of sp³-hybridized carbons (Fsp3) is 0.545. The number of alkyl carbamates (subject to hydrolysis) is 1. The third-order valence-electron chi connectivity index (χ3n) is 1.86. The largest absolute Gasteiger partial charge is 0.481 e. The summed E-state index contributed by atoms with van der Waals surface area (Å²) in [6.07, 6.45) is 0.432. The first-order valence-corrected chi connectivity index (χ1v) is 6.69. The van der Waals surface area contributed by atoms with Crippen LogP contribution in [-0.4, -0.2) is 27.8 Å². The predicted octanol–water partition coefficient (Wildman–Crippen LogP) is 2.84. The Morgan fingerprint density at radius 1 is 1.58 bits per heavy atom. The Bertz CT molecular complexity index is 470. The van der Waals surface area contributed by atoms with Crippen LogP contribution in [0, 0.1) is 0 Å². The van der Waals surface area contributed by atoms with Crippen molar-refractivity contribution in [1.82, 2.24) is 10.3 Å². The number of hydrogen-bond donors (Lipinski definition) is 2. The molecule has 0 fully saturated rings. The minimum Gasteiger partial charge on any atom is -0.481 e. The van der Waals surface area contributed by atoms with Crippen LogP contribution >= 0.6 is 22.9 Å². The third-order valence-corrected chi connectivity index (χ3v) is 3.09. The Morgan fingerprint density at radius 3 is 2.63 bits per heavy atom. The fourth-order valence-electron chi connectivity index (χ4n) is 1.25. The number of nitrogens with one attached hydrogen (secondary N) is 1. The molecular weight excluding hydrogens is 292 g/mol. The molecule has 0 saturated carbocycles. The van der Waals surface area contributed by atoms with Crippen LogP contribution in [-0.2, 0) is 9.53 Å². The van der Waals surface area contributed by atoms with Crippen LogP contribution < -0.4 is 5.32 Å². The van der Waals surface area contributed by atoms with Gasteiger partial charge in [-0.05, 0) is 20.8 Å². The highest BCUT2D eigenvalue weighted by Crippen LogP contribution is 2.26. The molecule has 0 spiro atoms. The normalized spacial score (nSPS) is 12.8. The van der Waals surface area contributed by atoms with Gasteiger partial charge in [-0.2, -0.15) is 0 Å². The van der Waals surface area contributed by atoms with E-state index in [9.17, 15) is 9.59 Å². The summed E-state index contributed by atoms with van der Waals surface area (Å²) in [5.74, 6) is -1.05. The van der Waals surface area contributed by atoms with Crippen molar-refractivity contribution in [3.63, 3.8) is 0 Å². The predicted molar refractivity (Wildman–Crippen MR) is 71.5 cm³/mol. The van der Waals surface area contributed by atoms with E-state index in [2.05, 4.69) is 10.3 Å². The summed E-state index contributed by atoms with van der Waals surface area (Å²) in [6.45, 7) is 5.16. The molecule has 6 nitrogen and oxygen atoms in total. The quantitative estimate of drug-likeness (QED) is 0.893. The standard InChI is InChI=1S/C11H15ClN2O4S/c1-11(2,3)18-10(17)14-6(4-8(15)16)9-13-5-7(12)19-9/h5-6H,4H2,1-3H3,(H,14,17)(H,15,16)/t6-/m1/s1. The van der Waals surface area contributed by atoms with Gasteiger partial charge in [-0.1, -0.05) is 11.6 Å². The van der Waals surface area contributed by atoms with E-state index < -0.39 is 23.7 Å². The van der Waals surface area contributed by atoms with Crippen molar-refractivity contribution in [2.24, 2.45) is 0 Å². The molecule has 1 rings (SSSR count). The zero-order valence-corrected chi connectivity index (χ0v) is 12.3. The number of aliphatic carboxylic acids is 1. The summed E-state index contributed by atoms with van der Waals surface area (Å²) in [4.78, 5) is 26.4. The number of rotatable bonds is 4. The first-order valence-electron chi connectivity index (χ1n) is 5.50. The van der Waals surface area contributed by atoms with Gasteiger partial charge < -0.3 is 15.2 Å². The number of halogens is 1. The molecule has 0 unspecified atom stereocenters. The molecule has 0 saturated heterocycles. The molecule has 0 aliphatic rings. The van der Waals surface area contributed by atoms with Gasteiger partial charge in [0.05, 0.1) is 18.7 Å². The SMILES string of the molecule is CC(C)(C)OC(=O)N[C@H](CC(=O)O)c1ncc(Cl)s1. The molecular formula is C11H15ClN2O4S. The van der Waals surface area contributed by atoms with Gasteiger partial charge in [0, 0.05) is 0 Å². The summed E-state index contributed by atoms with van der Waals surface area (Å²) in [5.41, 5.74) is -0.654. The van der Waals surface area contributed by atoms with Gasteiger partial charge in [-0.15, -0.1) is 11.3 Å². The number of carboxylic acid groups (broad SMARTS) is 1. The Hall–Kier alpha value is -1.34. The molecule has 0 aliphatic heterocycles. The van der Waals surface area contributed by atoms with E-state index in [1.807, 2.05) is 0 Å². The zero-order chi connectivity index (χ0) is 14.6. The molecule has 1 heterocycles. The average molecular weight is 307 g/mol. The van der Waals surface area contributed by atoms with Crippen molar-refractivity contribution in [3.05, 3.63) is 15.5 Å².